The highest BCUT2D eigenvalue weighted by Gasteiger charge is 2.32. The van der Waals surface area contributed by atoms with E-state index in [-0.39, 0.29) is 37.0 Å². The van der Waals surface area contributed by atoms with E-state index in [0.29, 0.717) is 17.1 Å². The molecular formula is C28H31ClN6O3. The number of anilines is 1. The molecule has 3 aromatic rings. The molecule has 9 nitrogen and oxygen atoms in total. The number of nitrogens with one attached hydrogen (secondary N) is 1. The number of aromatic nitrogens is 2. The molecule has 0 unspecified atom stereocenters. The number of hydrogen-bond acceptors (Lipinski definition) is 4. The van der Waals surface area contributed by atoms with E-state index in [1.165, 1.54) is 0 Å². The van der Waals surface area contributed by atoms with Crippen molar-refractivity contribution >= 4 is 35.1 Å². The molecule has 4 amide bonds. The Morgan fingerprint density at radius 1 is 1.05 bits per heavy atom. The fraction of sp³-hybridized carbons (Fsp3) is 0.357. The average Bonchev–Trinajstić information content (AvgIpc) is 3.44. The molecule has 2 aromatic carbocycles. The zero-order valence-corrected chi connectivity index (χ0v) is 22.1. The standard InChI is InChI=1S/C28H31ClN6O3/c1-20-18-34(27(37)23-11-10-22(16-24(23)29)35-15-7-12-31-35)25-9-4-3-8-21(25)19-33(20)28(38)30-17-26(36)32-13-5-2-6-14-32/h3-4,7-12,15-16,20H,2,5-6,13-14,17-19H2,1H3,(H,30,38)/t20-/m1/s1. The van der Waals surface area contributed by atoms with E-state index in [2.05, 4.69) is 10.4 Å². The molecule has 1 fully saturated rings. The highest BCUT2D eigenvalue weighted by molar-refractivity contribution is 6.34. The Kier molecular flexibility index (Phi) is 7.64. The van der Waals surface area contributed by atoms with Gasteiger partial charge in [-0.15, -0.1) is 0 Å². The number of piperidine rings is 1. The Balaban J connectivity index is 1.34. The number of halogens is 1. The molecule has 0 bridgehead atoms. The quantitative estimate of drug-likeness (QED) is 0.545. The summed E-state index contributed by atoms with van der Waals surface area (Å²) in [5, 5.41) is 7.35. The lowest BCUT2D eigenvalue weighted by Crippen LogP contribution is -2.50. The second kappa shape index (κ2) is 11.3. The van der Waals surface area contributed by atoms with Crippen LogP contribution in [0.1, 0.15) is 42.1 Å². The molecule has 0 spiro atoms. The summed E-state index contributed by atoms with van der Waals surface area (Å²) in [5.74, 6) is -0.310. The Hall–Kier alpha value is -3.85. The third kappa shape index (κ3) is 5.38. The van der Waals surface area contributed by atoms with Gasteiger partial charge in [0.15, 0.2) is 0 Å². The lowest BCUT2D eigenvalue weighted by atomic mass is 10.1. The molecule has 3 heterocycles. The molecule has 1 atom stereocenters. The number of urea groups is 1. The number of nitrogens with zero attached hydrogens (tertiary/aromatic N) is 5. The summed E-state index contributed by atoms with van der Waals surface area (Å²) in [6.45, 7) is 3.94. The summed E-state index contributed by atoms with van der Waals surface area (Å²) in [6, 6.07) is 14.0. The molecule has 1 aromatic heterocycles. The van der Waals surface area contributed by atoms with Gasteiger partial charge in [0.25, 0.3) is 5.91 Å². The molecule has 1 N–H and O–H groups in total. The van der Waals surface area contributed by atoms with Crippen LogP contribution in [0.5, 0.6) is 0 Å². The lowest BCUT2D eigenvalue weighted by molar-refractivity contribution is -0.130. The van der Waals surface area contributed by atoms with Crippen LogP contribution in [-0.2, 0) is 11.3 Å². The number of para-hydroxylation sites is 1. The van der Waals surface area contributed by atoms with Gasteiger partial charge in [-0.2, -0.15) is 5.10 Å². The molecule has 1 saturated heterocycles. The minimum Gasteiger partial charge on any atom is -0.341 e. The van der Waals surface area contributed by atoms with Crippen molar-refractivity contribution in [1.29, 1.82) is 0 Å². The van der Waals surface area contributed by atoms with Crippen molar-refractivity contribution in [3.05, 3.63) is 77.1 Å². The van der Waals surface area contributed by atoms with Gasteiger partial charge in [-0.1, -0.05) is 29.8 Å². The molecule has 10 heteroatoms. The number of hydrogen-bond donors (Lipinski definition) is 1. The van der Waals surface area contributed by atoms with Gasteiger partial charge in [-0.3, -0.25) is 9.59 Å². The van der Waals surface area contributed by atoms with Gasteiger partial charge in [0.05, 0.1) is 22.8 Å². The summed E-state index contributed by atoms with van der Waals surface area (Å²) in [7, 11) is 0. The second-order valence-corrected chi connectivity index (χ2v) is 10.1. The number of carbonyl (C=O) groups excluding carboxylic acids is 3. The highest BCUT2D eigenvalue weighted by atomic mass is 35.5. The Morgan fingerprint density at radius 3 is 2.58 bits per heavy atom. The monoisotopic (exact) mass is 534 g/mol. The van der Waals surface area contributed by atoms with E-state index in [1.807, 2.05) is 42.2 Å². The summed E-state index contributed by atoms with van der Waals surface area (Å²) in [6.07, 6.45) is 6.61. The second-order valence-electron chi connectivity index (χ2n) is 9.74. The smallest absolute Gasteiger partial charge is 0.318 e. The average molecular weight is 535 g/mol. The third-order valence-electron chi connectivity index (χ3n) is 7.16. The van der Waals surface area contributed by atoms with Crippen LogP contribution in [-0.4, -0.2) is 69.6 Å². The minimum absolute atomic E-state index is 0.0371. The predicted molar refractivity (Wildman–Crippen MR) is 146 cm³/mol. The van der Waals surface area contributed by atoms with E-state index in [0.717, 1.165) is 49.3 Å². The van der Waals surface area contributed by atoms with E-state index < -0.39 is 0 Å². The van der Waals surface area contributed by atoms with Crippen LogP contribution in [0.4, 0.5) is 10.5 Å². The van der Waals surface area contributed by atoms with Gasteiger partial charge >= 0.3 is 6.03 Å². The number of likely N-dealkylation sites (tertiary alicyclic amines) is 1. The van der Waals surface area contributed by atoms with Crippen LogP contribution in [0, 0.1) is 0 Å². The van der Waals surface area contributed by atoms with Crippen molar-refractivity contribution in [3.8, 4) is 5.69 Å². The molecule has 198 valence electrons. The fourth-order valence-corrected chi connectivity index (χ4v) is 5.32. The Labute approximate surface area is 227 Å². The van der Waals surface area contributed by atoms with Crippen molar-refractivity contribution in [3.63, 3.8) is 0 Å². The van der Waals surface area contributed by atoms with Crippen LogP contribution in [0.3, 0.4) is 0 Å². The number of carbonyl (C=O) groups is 3. The largest absolute Gasteiger partial charge is 0.341 e. The van der Waals surface area contributed by atoms with Gasteiger partial charge in [-0.25, -0.2) is 9.48 Å². The molecule has 2 aliphatic rings. The van der Waals surface area contributed by atoms with Crippen LogP contribution in [0.25, 0.3) is 5.69 Å². The van der Waals surface area contributed by atoms with Gasteiger partial charge in [0, 0.05) is 50.3 Å². The molecule has 5 rings (SSSR count). The van der Waals surface area contributed by atoms with Crippen LogP contribution < -0.4 is 10.2 Å². The summed E-state index contributed by atoms with van der Waals surface area (Å²) in [5.41, 5.74) is 2.70. The molecule has 0 aliphatic carbocycles. The van der Waals surface area contributed by atoms with Crippen LogP contribution in [0.2, 0.25) is 5.02 Å². The first-order valence-electron chi connectivity index (χ1n) is 12.9. The van der Waals surface area contributed by atoms with Crippen molar-refractivity contribution in [2.24, 2.45) is 0 Å². The minimum atomic E-state index is -0.325. The third-order valence-corrected chi connectivity index (χ3v) is 7.47. The Morgan fingerprint density at radius 2 is 1.84 bits per heavy atom. The first-order valence-corrected chi connectivity index (χ1v) is 13.3. The molecule has 38 heavy (non-hydrogen) atoms. The number of benzene rings is 2. The first-order chi connectivity index (χ1) is 18.4. The number of amides is 4. The highest BCUT2D eigenvalue weighted by Crippen LogP contribution is 2.30. The topological polar surface area (TPSA) is 90.8 Å². The van der Waals surface area contributed by atoms with E-state index in [4.69, 9.17) is 11.6 Å². The zero-order chi connectivity index (χ0) is 26.6. The normalized spacial score (nSPS) is 17.5. The molecular weight excluding hydrogens is 504 g/mol. The van der Waals surface area contributed by atoms with Crippen molar-refractivity contribution in [2.75, 3.05) is 31.1 Å². The van der Waals surface area contributed by atoms with Gasteiger partial charge in [0.1, 0.15) is 0 Å². The summed E-state index contributed by atoms with van der Waals surface area (Å²) >= 11 is 6.58. The van der Waals surface area contributed by atoms with Gasteiger partial charge < -0.3 is 20.0 Å². The molecule has 0 radical (unpaired) electrons. The van der Waals surface area contributed by atoms with Gasteiger partial charge in [-0.05, 0) is 62.1 Å². The van der Waals surface area contributed by atoms with E-state index >= 15 is 0 Å². The molecule has 2 aliphatic heterocycles. The van der Waals surface area contributed by atoms with E-state index in [9.17, 15) is 14.4 Å². The SMILES string of the molecule is C[C@@H]1CN(C(=O)c2ccc(-n3cccn3)cc2Cl)c2ccccc2CN1C(=O)NCC(=O)N1CCCCC1. The van der Waals surface area contributed by atoms with Gasteiger partial charge in [0.2, 0.25) is 5.91 Å². The van der Waals surface area contributed by atoms with Crippen LogP contribution >= 0.6 is 11.6 Å². The maximum absolute atomic E-state index is 13.8. The lowest BCUT2D eigenvalue weighted by Gasteiger charge is -2.30. The Bertz CT molecular complexity index is 1320. The number of rotatable bonds is 4. The van der Waals surface area contributed by atoms with E-state index in [1.54, 1.807) is 45.1 Å². The maximum Gasteiger partial charge on any atom is 0.318 e. The fourth-order valence-electron chi connectivity index (χ4n) is 5.07. The van der Waals surface area contributed by atoms with Crippen molar-refractivity contribution < 1.29 is 14.4 Å². The molecule has 0 saturated carbocycles. The summed E-state index contributed by atoms with van der Waals surface area (Å²) < 4.78 is 1.68. The zero-order valence-electron chi connectivity index (χ0n) is 21.3. The van der Waals surface area contributed by atoms with Crippen molar-refractivity contribution in [1.82, 2.24) is 24.9 Å². The van der Waals surface area contributed by atoms with Crippen molar-refractivity contribution in [2.45, 2.75) is 38.8 Å². The first kappa shape index (κ1) is 25.8. The predicted octanol–water partition coefficient (Wildman–Crippen LogP) is 4.10. The number of fused-ring (bicyclic) bond motifs is 1. The maximum atomic E-state index is 13.8. The van der Waals surface area contributed by atoms with Crippen LogP contribution in [0.15, 0.2) is 60.9 Å². The summed E-state index contributed by atoms with van der Waals surface area (Å²) in [4.78, 5) is 44.8.